The van der Waals surface area contributed by atoms with Crippen LogP contribution in [-0.2, 0) is 20.8 Å². The zero-order valence-electron chi connectivity index (χ0n) is 18.4. The van der Waals surface area contributed by atoms with Crippen molar-refractivity contribution in [3.05, 3.63) is 76.4 Å². The van der Waals surface area contributed by atoms with Gasteiger partial charge in [0.05, 0.1) is 29.6 Å². The Morgan fingerprint density at radius 3 is 2.35 bits per heavy atom. The maximum Gasteiger partial charge on any atom is 0.271 e. The number of amides is 3. The van der Waals surface area contributed by atoms with Crippen LogP contribution in [0, 0.1) is 33.8 Å². The van der Waals surface area contributed by atoms with E-state index in [1.54, 1.807) is 0 Å². The van der Waals surface area contributed by atoms with Crippen molar-refractivity contribution in [1.29, 1.82) is 0 Å². The molecule has 0 radical (unpaired) electrons. The molecule has 174 valence electrons. The number of non-ortho nitro benzene ring substituents is 1. The highest BCUT2D eigenvalue weighted by molar-refractivity contribution is 6.11. The molecule has 2 bridgehead atoms. The molecular weight excluding hydrogens is 438 g/mol. The molecule has 2 aromatic rings. The molecule has 9 heteroatoms. The van der Waals surface area contributed by atoms with Crippen LogP contribution in [0.3, 0.4) is 0 Å². The zero-order valence-corrected chi connectivity index (χ0v) is 18.4. The molecule has 5 rings (SSSR count). The van der Waals surface area contributed by atoms with Gasteiger partial charge in [-0.15, -0.1) is 0 Å². The molecule has 0 spiro atoms. The third-order valence-electron chi connectivity index (χ3n) is 7.04. The van der Waals surface area contributed by atoms with Crippen LogP contribution in [-0.4, -0.2) is 40.7 Å². The minimum atomic E-state index is -1.10. The number of carbonyl (C=O) groups excluding carboxylic acids is 3. The molecule has 3 aliphatic rings. The van der Waals surface area contributed by atoms with Crippen molar-refractivity contribution in [2.75, 3.05) is 12.4 Å². The average molecular weight is 461 g/mol. The summed E-state index contributed by atoms with van der Waals surface area (Å²) >= 11 is 0. The minimum Gasteiger partial charge on any atom is -0.495 e. The van der Waals surface area contributed by atoms with Gasteiger partial charge in [-0.05, 0) is 29.9 Å². The summed E-state index contributed by atoms with van der Waals surface area (Å²) in [7, 11) is 1.38. The predicted molar refractivity (Wildman–Crippen MR) is 122 cm³/mol. The van der Waals surface area contributed by atoms with Crippen LogP contribution in [0.25, 0.3) is 0 Å². The zero-order chi connectivity index (χ0) is 24.0. The van der Waals surface area contributed by atoms with Crippen molar-refractivity contribution < 1.29 is 24.0 Å². The Balaban J connectivity index is 1.48. The second-order valence-corrected chi connectivity index (χ2v) is 8.88. The largest absolute Gasteiger partial charge is 0.495 e. The fourth-order valence-corrected chi connectivity index (χ4v) is 5.49. The minimum absolute atomic E-state index is 0.0220. The fraction of sp³-hybridized carbons (Fsp3) is 0.320. The number of hydrogen-bond donors (Lipinski definition) is 1. The van der Waals surface area contributed by atoms with Gasteiger partial charge in [0.15, 0.2) is 0 Å². The number of allylic oxidation sites excluding steroid dienone is 2. The molecule has 9 nitrogen and oxygen atoms in total. The number of nitrogens with one attached hydrogen (secondary N) is 1. The van der Waals surface area contributed by atoms with Gasteiger partial charge >= 0.3 is 0 Å². The molecule has 2 fully saturated rings. The highest BCUT2D eigenvalue weighted by Crippen LogP contribution is 2.53. The highest BCUT2D eigenvalue weighted by Gasteiger charge is 2.61. The van der Waals surface area contributed by atoms with Crippen LogP contribution in [0.1, 0.15) is 12.0 Å². The molecule has 1 heterocycles. The summed E-state index contributed by atoms with van der Waals surface area (Å²) < 4.78 is 5.25. The first-order valence-corrected chi connectivity index (χ1v) is 11.1. The summed E-state index contributed by atoms with van der Waals surface area (Å²) in [6.07, 6.45) is 4.92. The number of rotatable bonds is 7. The van der Waals surface area contributed by atoms with Gasteiger partial charge < -0.3 is 10.1 Å². The molecule has 0 aromatic heterocycles. The molecular formula is C25H23N3O6. The average Bonchev–Trinajstić information content (AvgIpc) is 3.52. The van der Waals surface area contributed by atoms with E-state index in [2.05, 4.69) is 5.32 Å². The number of methoxy groups -OCH3 is 1. The van der Waals surface area contributed by atoms with E-state index in [0.29, 0.717) is 0 Å². The summed E-state index contributed by atoms with van der Waals surface area (Å²) in [6, 6.07) is 11.9. The van der Waals surface area contributed by atoms with Crippen molar-refractivity contribution in [2.24, 2.45) is 23.7 Å². The molecule has 2 aromatic carbocycles. The number of carbonyl (C=O) groups is 3. The summed E-state index contributed by atoms with van der Waals surface area (Å²) in [4.78, 5) is 52.2. The highest BCUT2D eigenvalue weighted by atomic mass is 16.6. The van der Waals surface area contributed by atoms with E-state index in [9.17, 15) is 24.5 Å². The van der Waals surface area contributed by atoms with Gasteiger partial charge in [-0.3, -0.25) is 29.4 Å². The van der Waals surface area contributed by atoms with Gasteiger partial charge in [-0.2, -0.15) is 0 Å². The second kappa shape index (κ2) is 8.40. The van der Waals surface area contributed by atoms with E-state index in [-0.39, 0.29) is 47.2 Å². The Bertz CT molecular complexity index is 1180. The molecule has 5 atom stereocenters. The molecule has 1 N–H and O–H groups in total. The first-order chi connectivity index (χ1) is 16.4. The SMILES string of the molecule is COc1ccc([N+](=O)[O-])cc1NC(=O)[C@H](Cc1ccccc1)N1C(=O)[C@@H]2[C@H](C1=O)[C@H]1C=C[C@H]2C1. The van der Waals surface area contributed by atoms with Crippen molar-refractivity contribution >= 4 is 29.1 Å². The van der Waals surface area contributed by atoms with E-state index < -0.39 is 28.7 Å². The number of likely N-dealkylation sites (tertiary alicyclic amines) is 1. The van der Waals surface area contributed by atoms with Crippen molar-refractivity contribution in [3.63, 3.8) is 0 Å². The van der Waals surface area contributed by atoms with Crippen LogP contribution >= 0.6 is 0 Å². The molecule has 1 saturated heterocycles. The maximum absolute atomic E-state index is 13.5. The van der Waals surface area contributed by atoms with Crippen molar-refractivity contribution in [1.82, 2.24) is 4.90 Å². The number of nitrogens with zero attached hydrogens (tertiary/aromatic N) is 2. The Morgan fingerprint density at radius 2 is 1.76 bits per heavy atom. The van der Waals surface area contributed by atoms with Gasteiger partial charge in [-0.1, -0.05) is 42.5 Å². The number of anilines is 1. The summed E-state index contributed by atoms with van der Waals surface area (Å²) in [5.41, 5.74) is 0.661. The van der Waals surface area contributed by atoms with Crippen LogP contribution in [0.4, 0.5) is 11.4 Å². The normalized spacial score (nSPS) is 25.4. The Labute approximate surface area is 195 Å². The number of nitro benzene ring substituents is 1. The lowest BCUT2D eigenvalue weighted by Gasteiger charge is -2.27. The first-order valence-electron chi connectivity index (χ1n) is 11.1. The number of imide groups is 1. The smallest absolute Gasteiger partial charge is 0.271 e. The third-order valence-corrected chi connectivity index (χ3v) is 7.04. The van der Waals surface area contributed by atoms with Crippen molar-refractivity contribution in [3.8, 4) is 5.75 Å². The van der Waals surface area contributed by atoms with Gasteiger partial charge in [0.2, 0.25) is 17.7 Å². The molecule has 3 amide bonds. The number of hydrogen-bond acceptors (Lipinski definition) is 6. The number of fused-ring (bicyclic) bond motifs is 5. The topological polar surface area (TPSA) is 119 Å². The van der Waals surface area contributed by atoms with Gasteiger partial charge in [0.25, 0.3) is 5.69 Å². The lowest BCUT2D eigenvalue weighted by atomic mass is 9.85. The Morgan fingerprint density at radius 1 is 1.12 bits per heavy atom. The van der Waals surface area contributed by atoms with Crippen LogP contribution in [0.15, 0.2) is 60.7 Å². The Kier molecular flexibility index (Phi) is 5.39. The molecule has 1 aliphatic heterocycles. The van der Waals surface area contributed by atoms with E-state index in [1.165, 1.54) is 25.3 Å². The van der Waals surface area contributed by atoms with E-state index in [1.807, 2.05) is 42.5 Å². The summed E-state index contributed by atoms with van der Waals surface area (Å²) in [5.74, 6) is -1.84. The van der Waals surface area contributed by atoms with E-state index >= 15 is 0 Å². The fourth-order valence-electron chi connectivity index (χ4n) is 5.49. The molecule has 34 heavy (non-hydrogen) atoms. The van der Waals surface area contributed by atoms with Gasteiger partial charge in [-0.25, -0.2) is 0 Å². The third kappa shape index (κ3) is 3.53. The first kappa shape index (κ1) is 21.8. The lowest BCUT2D eigenvalue weighted by Crippen LogP contribution is -2.49. The maximum atomic E-state index is 13.5. The molecule has 0 unspecified atom stereocenters. The standard InChI is InChI=1S/C25H23N3O6/c1-34-20-10-9-17(28(32)33)13-18(20)26-23(29)19(11-14-5-3-2-4-6-14)27-24(30)21-15-7-8-16(12-15)22(21)25(27)31/h2-10,13,15-16,19,21-22H,11-12H2,1H3,(H,26,29)/t15-,16-,19-,21-,22+/m0/s1. The monoisotopic (exact) mass is 461 g/mol. The molecule has 1 saturated carbocycles. The van der Waals surface area contributed by atoms with Crippen LogP contribution in [0.2, 0.25) is 0 Å². The predicted octanol–water partition coefficient (Wildman–Crippen LogP) is 2.96. The van der Waals surface area contributed by atoms with Gasteiger partial charge in [0.1, 0.15) is 11.8 Å². The van der Waals surface area contributed by atoms with Crippen LogP contribution < -0.4 is 10.1 Å². The number of nitro groups is 1. The lowest BCUT2D eigenvalue weighted by molar-refractivity contribution is -0.384. The van der Waals surface area contributed by atoms with Crippen molar-refractivity contribution in [2.45, 2.75) is 18.9 Å². The summed E-state index contributed by atoms with van der Waals surface area (Å²) in [5, 5.41) is 13.9. The summed E-state index contributed by atoms with van der Waals surface area (Å²) in [6.45, 7) is 0. The number of ether oxygens (including phenoxy) is 1. The van der Waals surface area contributed by atoms with Crippen LogP contribution in [0.5, 0.6) is 5.75 Å². The second-order valence-electron chi connectivity index (χ2n) is 8.88. The number of benzene rings is 2. The quantitative estimate of drug-likeness (QED) is 0.293. The molecule has 2 aliphatic carbocycles. The van der Waals surface area contributed by atoms with E-state index in [0.717, 1.165) is 16.9 Å². The van der Waals surface area contributed by atoms with Gasteiger partial charge in [0, 0.05) is 18.6 Å². The Hall–Kier alpha value is -4.01. The van der Waals surface area contributed by atoms with E-state index in [4.69, 9.17) is 4.74 Å².